The molecule has 4 heteroatoms. The summed E-state index contributed by atoms with van der Waals surface area (Å²) in [5.41, 5.74) is 7.01. The molecule has 18 heavy (non-hydrogen) atoms. The summed E-state index contributed by atoms with van der Waals surface area (Å²) >= 11 is 0. The minimum absolute atomic E-state index is 0.128. The number of amides is 1. The molecule has 0 unspecified atom stereocenters. The van der Waals surface area contributed by atoms with Crippen LogP contribution in [0.1, 0.15) is 37.7 Å². The molecule has 0 atom stereocenters. The zero-order valence-corrected chi connectivity index (χ0v) is 10.9. The van der Waals surface area contributed by atoms with Crippen LogP contribution >= 0.6 is 0 Å². The fourth-order valence-electron chi connectivity index (χ4n) is 2.55. The number of carbonyl (C=O) groups is 1. The average molecular weight is 247 g/mol. The van der Waals surface area contributed by atoms with Crippen molar-refractivity contribution >= 4 is 5.91 Å². The Morgan fingerprint density at radius 3 is 2.83 bits per heavy atom. The number of aromatic nitrogens is 1. The van der Waals surface area contributed by atoms with Gasteiger partial charge in [0.2, 0.25) is 5.91 Å². The Balaban J connectivity index is 1.89. The second kappa shape index (κ2) is 5.48. The van der Waals surface area contributed by atoms with E-state index in [4.69, 9.17) is 5.73 Å². The lowest BCUT2D eigenvalue weighted by Gasteiger charge is -2.26. The fourth-order valence-corrected chi connectivity index (χ4v) is 2.55. The Hall–Kier alpha value is -1.42. The van der Waals surface area contributed by atoms with E-state index in [1.165, 1.54) is 0 Å². The number of hydrogen-bond donors (Lipinski definition) is 1. The van der Waals surface area contributed by atoms with Crippen molar-refractivity contribution in [1.82, 2.24) is 9.88 Å². The quantitative estimate of drug-likeness (QED) is 0.881. The Labute approximate surface area is 108 Å². The number of rotatable bonds is 4. The van der Waals surface area contributed by atoms with Crippen LogP contribution in [0.5, 0.6) is 0 Å². The zero-order chi connectivity index (χ0) is 13.0. The van der Waals surface area contributed by atoms with Gasteiger partial charge in [-0.2, -0.15) is 0 Å². The van der Waals surface area contributed by atoms with Crippen molar-refractivity contribution in [3.63, 3.8) is 0 Å². The molecule has 0 saturated heterocycles. The van der Waals surface area contributed by atoms with Crippen LogP contribution in [0.2, 0.25) is 0 Å². The SMILES string of the molecule is CN(Cc1cccnc1)C(=O)CC1(N)CCCC1. The highest BCUT2D eigenvalue weighted by atomic mass is 16.2. The molecule has 1 aromatic heterocycles. The van der Waals surface area contributed by atoms with E-state index in [0.717, 1.165) is 31.2 Å². The van der Waals surface area contributed by atoms with E-state index in [-0.39, 0.29) is 11.4 Å². The van der Waals surface area contributed by atoms with Gasteiger partial charge in [0.25, 0.3) is 0 Å². The third-order valence-corrected chi connectivity index (χ3v) is 3.67. The van der Waals surface area contributed by atoms with Gasteiger partial charge >= 0.3 is 0 Å². The molecular formula is C14H21N3O. The van der Waals surface area contributed by atoms with Gasteiger partial charge in [-0.25, -0.2) is 0 Å². The summed E-state index contributed by atoms with van der Waals surface area (Å²) in [6, 6.07) is 3.86. The van der Waals surface area contributed by atoms with Gasteiger partial charge in [0, 0.05) is 37.9 Å². The monoisotopic (exact) mass is 247 g/mol. The Morgan fingerprint density at radius 2 is 2.22 bits per heavy atom. The molecule has 0 radical (unpaired) electrons. The number of nitrogens with zero attached hydrogens (tertiary/aromatic N) is 2. The standard InChI is InChI=1S/C14H21N3O/c1-17(11-12-5-4-8-16-10-12)13(18)9-14(15)6-2-3-7-14/h4-5,8,10H,2-3,6-7,9,11,15H2,1H3. The van der Waals surface area contributed by atoms with Crippen LogP contribution in [0.15, 0.2) is 24.5 Å². The molecule has 98 valence electrons. The van der Waals surface area contributed by atoms with Crippen molar-refractivity contribution in [2.75, 3.05) is 7.05 Å². The largest absolute Gasteiger partial charge is 0.341 e. The first-order chi connectivity index (χ1) is 8.59. The molecular weight excluding hydrogens is 226 g/mol. The van der Waals surface area contributed by atoms with E-state index in [0.29, 0.717) is 13.0 Å². The summed E-state index contributed by atoms with van der Waals surface area (Å²) in [6.45, 7) is 0.600. The first-order valence-electron chi connectivity index (χ1n) is 6.51. The molecule has 2 N–H and O–H groups in total. The van der Waals surface area contributed by atoms with E-state index >= 15 is 0 Å². The van der Waals surface area contributed by atoms with Crippen molar-refractivity contribution in [2.45, 2.75) is 44.2 Å². The Kier molecular flexibility index (Phi) is 3.97. The molecule has 1 heterocycles. The predicted molar refractivity (Wildman–Crippen MR) is 70.7 cm³/mol. The smallest absolute Gasteiger partial charge is 0.224 e. The average Bonchev–Trinajstić information content (AvgIpc) is 2.77. The van der Waals surface area contributed by atoms with Gasteiger partial charge in [-0.1, -0.05) is 18.9 Å². The number of nitrogens with two attached hydrogens (primary N) is 1. The van der Waals surface area contributed by atoms with Crippen molar-refractivity contribution in [1.29, 1.82) is 0 Å². The molecule has 0 aromatic carbocycles. The van der Waals surface area contributed by atoms with Crippen LogP contribution in [0.25, 0.3) is 0 Å². The minimum Gasteiger partial charge on any atom is -0.341 e. The second-order valence-electron chi connectivity index (χ2n) is 5.36. The summed E-state index contributed by atoms with van der Waals surface area (Å²) in [5, 5.41) is 0. The molecule has 1 aliphatic carbocycles. The maximum absolute atomic E-state index is 12.1. The third kappa shape index (κ3) is 3.29. The van der Waals surface area contributed by atoms with Gasteiger partial charge in [0.15, 0.2) is 0 Å². The first kappa shape index (κ1) is 13.0. The Morgan fingerprint density at radius 1 is 1.50 bits per heavy atom. The van der Waals surface area contributed by atoms with E-state index in [1.54, 1.807) is 17.3 Å². The van der Waals surface area contributed by atoms with Crippen LogP contribution in [-0.2, 0) is 11.3 Å². The summed E-state index contributed by atoms with van der Waals surface area (Å²) < 4.78 is 0. The van der Waals surface area contributed by atoms with Gasteiger partial charge in [-0.3, -0.25) is 9.78 Å². The summed E-state index contributed by atoms with van der Waals surface area (Å²) in [4.78, 5) is 17.9. The van der Waals surface area contributed by atoms with Gasteiger partial charge in [-0.05, 0) is 24.5 Å². The van der Waals surface area contributed by atoms with Crippen molar-refractivity contribution in [2.24, 2.45) is 5.73 Å². The van der Waals surface area contributed by atoms with E-state index in [1.807, 2.05) is 19.2 Å². The van der Waals surface area contributed by atoms with Crippen LogP contribution in [0, 0.1) is 0 Å². The van der Waals surface area contributed by atoms with Crippen LogP contribution in [0.4, 0.5) is 0 Å². The van der Waals surface area contributed by atoms with Crippen molar-refractivity contribution in [3.05, 3.63) is 30.1 Å². The zero-order valence-electron chi connectivity index (χ0n) is 10.9. The topological polar surface area (TPSA) is 59.2 Å². The molecule has 1 aromatic rings. The molecule has 0 aliphatic heterocycles. The van der Waals surface area contributed by atoms with E-state index in [2.05, 4.69) is 4.98 Å². The van der Waals surface area contributed by atoms with Crippen LogP contribution in [-0.4, -0.2) is 28.4 Å². The third-order valence-electron chi connectivity index (χ3n) is 3.67. The summed E-state index contributed by atoms with van der Waals surface area (Å²) in [5.74, 6) is 0.128. The molecule has 1 saturated carbocycles. The molecule has 1 amide bonds. The predicted octanol–water partition coefficient (Wildman–Crippen LogP) is 1.70. The van der Waals surface area contributed by atoms with Crippen LogP contribution < -0.4 is 5.73 Å². The number of pyridine rings is 1. The normalized spacial score (nSPS) is 17.7. The van der Waals surface area contributed by atoms with Crippen molar-refractivity contribution in [3.8, 4) is 0 Å². The molecule has 4 nitrogen and oxygen atoms in total. The summed E-state index contributed by atoms with van der Waals surface area (Å²) in [7, 11) is 1.83. The Bertz CT molecular complexity index is 399. The van der Waals surface area contributed by atoms with E-state index in [9.17, 15) is 4.79 Å². The van der Waals surface area contributed by atoms with Gasteiger partial charge in [-0.15, -0.1) is 0 Å². The molecule has 1 fully saturated rings. The molecule has 1 aliphatic rings. The molecule has 0 bridgehead atoms. The van der Waals surface area contributed by atoms with Gasteiger partial charge in [0.1, 0.15) is 0 Å². The summed E-state index contributed by atoms with van der Waals surface area (Å²) in [6.07, 6.45) is 8.23. The van der Waals surface area contributed by atoms with Gasteiger partial charge in [0.05, 0.1) is 0 Å². The van der Waals surface area contributed by atoms with Crippen LogP contribution in [0.3, 0.4) is 0 Å². The lowest BCUT2D eigenvalue weighted by Crippen LogP contribution is -2.42. The maximum Gasteiger partial charge on any atom is 0.224 e. The van der Waals surface area contributed by atoms with Crippen molar-refractivity contribution < 1.29 is 4.79 Å². The molecule has 0 spiro atoms. The minimum atomic E-state index is -0.264. The highest BCUT2D eigenvalue weighted by Crippen LogP contribution is 2.30. The number of hydrogen-bond acceptors (Lipinski definition) is 3. The molecule has 2 rings (SSSR count). The number of carbonyl (C=O) groups excluding carboxylic acids is 1. The lowest BCUT2D eigenvalue weighted by molar-refractivity contribution is -0.131. The maximum atomic E-state index is 12.1. The van der Waals surface area contributed by atoms with E-state index < -0.39 is 0 Å². The lowest BCUT2D eigenvalue weighted by atomic mass is 9.94. The first-order valence-corrected chi connectivity index (χ1v) is 6.51. The highest BCUT2D eigenvalue weighted by molar-refractivity contribution is 5.77. The fraction of sp³-hybridized carbons (Fsp3) is 0.571. The van der Waals surface area contributed by atoms with Gasteiger partial charge < -0.3 is 10.6 Å². The highest BCUT2D eigenvalue weighted by Gasteiger charge is 2.32. The second-order valence-corrected chi connectivity index (χ2v) is 5.36.